The van der Waals surface area contributed by atoms with Crippen LogP contribution in [0.5, 0.6) is 0 Å². The normalized spacial score (nSPS) is 13.1. The first-order valence-electron chi connectivity index (χ1n) is 4.19. The molecule has 0 aliphatic carbocycles. The van der Waals surface area contributed by atoms with E-state index in [1.807, 2.05) is 13.8 Å². The van der Waals surface area contributed by atoms with E-state index in [2.05, 4.69) is 5.32 Å². The van der Waals surface area contributed by atoms with Crippen molar-refractivity contribution in [2.75, 3.05) is 13.2 Å². The van der Waals surface area contributed by atoms with E-state index >= 15 is 0 Å². The molecule has 0 fully saturated rings. The van der Waals surface area contributed by atoms with Gasteiger partial charge in [-0.05, 0) is 20.8 Å². The molecular weight excluding hydrogens is 156 g/mol. The number of rotatable bonds is 5. The van der Waals surface area contributed by atoms with E-state index in [0.717, 1.165) is 0 Å². The minimum atomic E-state index is -0.441. The largest absolute Gasteiger partial charge is 0.377 e. The first kappa shape index (κ1) is 11.4. The standard InChI is InChI=1S/C8H18N2O2/c1-6(2)12-5-4-10-8(11)7(3)9/h6-7H,4-5,9H2,1-3H3,(H,10,11)/t7-/m1/s1. The van der Waals surface area contributed by atoms with Crippen LogP contribution in [0.1, 0.15) is 20.8 Å². The molecule has 0 spiro atoms. The Morgan fingerprint density at radius 2 is 2.08 bits per heavy atom. The van der Waals surface area contributed by atoms with Crippen LogP contribution in [0.15, 0.2) is 0 Å². The highest BCUT2D eigenvalue weighted by molar-refractivity contribution is 5.80. The first-order chi connectivity index (χ1) is 5.54. The zero-order chi connectivity index (χ0) is 9.56. The van der Waals surface area contributed by atoms with Gasteiger partial charge in [-0.2, -0.15) is 0 Å². The quantitative estimate of drug-likeness (QED) is 0.571. The molecule has 1 amide bonds. The van der Waals surface area contributed by atoms with Gasteiger partial charge in [-0.15, -0.1) is 0 Å². The number of nitrogens with two attached hydrogens (primary N) is 1. The van der Waals surface area contributed by atoms with Crippen molar-refractivity contribution in [3.8, 4) is 0 Å². The molecule has 0 saturated carbocycles. The second-order valence-corrected chi connectivity index (χ2v) is 3.00. The third-order valence-electron chi connectivity index (χ3n) is 1.27. The highest BCUT2D eigenvalue weighted by atomic mass is 16.5. The Balaban J connectivity index is 3.26. The van der Waals surface area contributed by atoms with Gasteiger partial charge in [0.25, 0.3) is 0 Å². The van der Waals surface area contributed by atoms with Crippen LogP contribution in [0.2, 0.25) is 0 Å². The summed E-state index contributed by atoms with van der Waals surface area (Å²) in [6, 6.07) is -0.441. The lowest BCUT2D eigenvalue weighted by atomic mass is 10.3. The van der Waals surface area contributed by atoms with Gasteiger partial charge < -0.3 is 15.8 Å². The van der Waals surface area contributed by atoms with Crippen molar-refractivity contribution in [2.24, 2.45) is 5.73 Å². The van der Waals surface area contributed by atoms with Gasteiger partial charge in [0.15, 0.2) is 0 Å². The fourth-order valence-electron chi connectivity index (χ4n) is 0.630. The monoisotopic (exact) mass is 174 g/mol. The van der Waals surface area contributed by atoms with E-state index in [9.17, 15) is 4.79 Å². The molecule has 3 N–H and O–H groups in total. The minimum absolute atomic E-state index is 0.137. The topological polar surface area (TPSA) is 64.3 Å². The summed E-state index contributed by atoms with van der Waals surface area (Å²) >= 11 is 0. The van der Waals surface area contributed by atoms with E-state index in [1.165, 1.54) is 0 Å². The SMILES string of the molecule is CC(C)OCCNC(=O)[C@@H](C)N. The van der Waals surface area contributed by atoms with Crippen molar-refractivity contribution in [2.45, 2.75) is 32.9 Å². The molecule has 72 valence electrons. The lowest BCUT2D eigenvalue weighted by Crippen LogP contribution is -2.39. The highest BCUT2D eigenvalue weighted by Gasteiger charge is 2.04. The summed E-state index contributed by atoms with van der Waals surface area (Å²) in [4.78, 5) is 10.9. The lowest BCUT2D eigenvalue weighted by Gasteiger charge is -2.09. The second-order valence-electron chi connectivity index (χ2n) is 3.00. The van der Waals surface area contributed by atoms with E-state index < -0.39 is 6.04 Å². The maximum absolute atomic E-state index is 10.9. The number of nitrogens with one attached hydrogen (secondary N) is 1. The first-order valence-corrected chi connectivity index (χ1v) is 4.19. The van der Waals surface area contributed by atoms with Gasteiger partial charge in [0.1, 0.15) is 0 Å². The van der Waals surface area contributed by atoms with E-state index in [-0.39, 0.29) is 12.0 Å². The molecule has 0 aromatic rings. The molecule has 4 heteroatoms. The van der Waals surface area contributed by atoms with Crippen LogP contribution in [0.25, 0.3) is 0 Å². The Kier molecular flexibility index (Phi) is 5.66. The molecule has 0 rings (SSSR count). The Morgan fingerprint density at radius 3 is 2.50 bits per heavy atom. The smallest absolute Gasteiger partial charge is 0.236 e. The van der Waals surface area contributed by atoms with Gasteiger partial charge in [0.05, 0.1) is 18.8 Å². The molecule has 0 radical (unpaired) electrons. The predicted octanol–water partition coefficient (Wildman–Crippen LogP) is -0.125. The predicted molar refractivity (Wildman–Crippen MR) is 47.7 cm³/mol. The molecular formula is C8H18N2O2. The third kappa shape index (κ3) is 6.12. The maximum atomic E-state index is 10.9. The zero-order valence-electron chi connectivity index (χ0n) is 7.96. The molecule has 0 aromatic carbocycles. The summed E-state index contributed by atoms with van der Waals surface area (Å²) in [6.45, 7) is 6.62. The van der Waals surface area contributed by atoms with Gasteiger partial charge in [-0.25, -0.2) is 0 Å². The number of hydrogen-bond acceptors (Lipinski definition) is 3. The Hall–Kier alpha value is -0.610. The molecule has 0 heterocycles. The zero-order valence-corrected chi connectivity index (χ0v) is 7.96. The molecule has 0 saturated heterocycles. The van der Waals surface area contributed by atoms with Crippen LogP contribution in [-0.2, 0) is 9.53 Å². The van der Waals surface area contributed by atoms with Crippen molar-refractivity contribution in [3.63, 3.8) is 0 Å². The summed E-state index contributed by atoms with van der Waals surface area (Å²) in [5, 5.41) is 2.65. The maximum Gasteiger partial charge on any atom is 0.236 e. The van der Waals surface area contributed by atoms with Crippen LogP contribution >= 0.6 is 0 Å². The van der Waals surface area contributed by atoms with Crippen LogP contribution < -0.4 is 11.1 Å². The average Bonchev–Trinajstić information content (AvgIpc) is 1.97. The fourth-order valence-corrected chi connectivity index (χ4v) is 0.630. The van der Waals surface area contributed by atoms with E-state index in [4.69, 9.17) is 10.5 Å². The van der Waals surface area contributed by atoms with Crippen molar-refractivity contribution in [1.29, 1.82) is 0 Å². The number of carbonyl (C=O) groups excluding carboxylic acids is 1. The molecule has 12 heavy (non-hydrogen) atoms. The summed E-state index contributed by atoms with van der Waals surface area (Å²) < 4.78 is 5.22. The highest BCUT2D eigenvalue weighted by Crippen LogP contribution is 1.85. The van der Waals surface area contributed by atoms with E-state index in [1.54, 1.807) is 6.92 Å². The minimum Gasteiger partial charge on any atom is -0.377 e. The van der Waals surface area contributed by atoms with Gasteiger partial charge in [0, 0.05) is 6.54 Å². The number of carbonyl (C=O) groups is 1. The van der Waals surface area contributed by atoms with Crippen molar-refractivity contribution in [3.05, 3.63) is 0 Å². The van der Waals surface area contributed by atoms with Crippen molar-refractivity contribution < 1.29 is 9.53 Å². The third-order valence-corrected chi connectivity index (χ3v) is 1.27. The Morgan fingerprint density at radius 1 is 1.50 bits per heavy atom. The second kappa shape index (κ2) is 5.97. The molecule has 0 unspecified atom stereocenters. The molecule has 0 bridgehead atoms. The van der Waals surface area contributed by atoms with Crippen LogP contribution in [0, 0.1) is 0 Å². The van der Waals surface area contributed by atoms with E-state index in [0.29, 0.717) is 13.2 Å². The van der Waals surface area contributed by atoms with Gasteiger partial charge >= 0.3 is 0 Å². The lowest BCUT2D eigenvalue weighted by molar-refractivity contribution is -0.122. The summed E-state index contributed by atoms with van der Waals surface area (Å²) in [7, 11) is 0. The van der Waals surface area contributed by atoms with Gasteiger partial charge in [-0.3, -0.25) is 4.79 Å². The Labute approximate surface area is 73.5 Å². The molecule has 4 nitrogen and oxygen atoms in total. The van der Waals surface area contributed by atoms with Crippen LogP contribution in [-0.4, -0.2) is 31.2 Å². The van der Waals surface area contributed by atoms with Crippen LogP contribution in [0.4, 0.5) is 0 Å². The number of amides is 1. The number of hydrogen-bond donors (Lipinski definition) is 2. The summed E-state index contributed by atoms with van der Waals surface area (Å²) in [5.74, 6) is -0.137. The average molecular weight is 174 g/mol. The molecule has 0 aliphatic heterocycles. The Bertz CT molecular complexity index is 135. The summed E-state index contributed by atoms with van der Waals surface area (Å²) in [5.41, 5.74) is 5.33. The van der Waals surface area contributed by atoms with Crippen molar-refractivity contribution in [1.82, 2.24) is 5.32 Å². The molecule has 0 aromatic heterocycles. The van der Waals surface area contributed by atoms with Gasteiger partial charge in [0.2, 0.25) is 5.91 Å². The van der Waals surface area contributed by atoms with Crippen molar-refractivity contribution >= 4 is 5.91 Å². The van der Waals surface area contributed by atoms with Gasteiger partial charge in [-0.1, -0.05) is 0 Å². The fraction of sp³-hybridized carbons (Fsp3) is 0.875. The molecule has 0 aliphatic rings. The molecule has 1 atom stereocenters. The summed E-state index contributed by atoms with van der Waals surface area (Å²) in [6.07, 6.45) is 0.206. The van der Waals surface area contributed by atoms with Crippen LogP contribution in [0.3, 0.4) is 0 Å². The number of ether oxygens (including phenoxy) is 1.